The number of halogens is 2. The van der Waals surface area contributed by atoms with Crippen molar-refractivity contribution < 1.29 is 13.6 Å². The quantitative estimate of drug-likeness (QED) is 0.847. The number of aromatic nitrogens is 1. The van der Waals surface area contributed by atoms with E-state index in [-0.39, 0.29) is 11.6 Å². The maximum Gasteiger partial charge on any atom is 0.277 e. The van der Waals surface area contributed by atoms with Crippen LogP contribution in [0.5, 0.6) is 0 Å². The topological polar surface area (TPSA) is 68.0 Å². The first-order chi connectivity index (χ1) is 7.85. The largest absolute Gasteiger partial charge is 0.345 e. The van der Waals surface area contributed by atoms with E-state index in [0.717, 1.165) is 5.01 Å². The van der Waals surface area contributed by atoms with E-state index in [9.17, 15) is 13.6 Å². The van der Waals surface area contributed by atoms with Crippen LogP contribution in [0.25, 0.3) is 0 Å². The van der Waals surface area contributed by atoms with E-state index in [1.165, 1.54) is 11.3 Å². The Morgan fingerprint density at radius 1 is 1.65 bits per heavy atom. The van der Waals surface area contributed by atoms with Gasteiger partial charge in [0.1, 0.15) is 5.69 Å². The van der Waals surface area contributed by atoms with Gasteiger partial charge in [-0.2, -0.15) is 0 Å². The Labute approximate surface area is 102 Å². The first-order valence-electron chi connectivity index (χ1n) is 5.17. The molecule has 0 aliphatic carbocycles. The predicted octanol–water partition coefficient (Wildman–Crippen LogP) is 1.59. The highest BCUT2D eigenvalue weighted by atomic mass is 32.1. The SMILES string of the molecule is CC(C)c1nc(C(=O)NCC(F)(F)CN)cs1. The van der Waals surface area contributed by atoms with Gasteiger partial charge in [-0.05, 0) is 0 Å². The summed E-state index contributed by atoms with van der Waals surface area (Å²) in [6.07, 6.45) is 0. The number of carbonyl (C=O) groups is 1. The number of nitrogens with two attached hydrogens (primary N) is 1. The van der Waals surface area contributed by atoms with Crippen LogP contribution < -0.4 is 11.1 Å². The highest BCUT2D eigenvalue weighted by molar-refractivity contribution is 7.09. The molecule has 1 rings (SSSR count). The number of hydrogen-bond donors (Lipinski definition) is 2. The van der Waals surface area contributed by atoms with Gasteiger partial charge in [-0.25, -0.2) is 13.8 Å². The third-order valence-corrected chi connectivity index (χ3v) is 3.20. The lowest BCUT2D eigenvalue weighted by molar-refractivity contribution is 0.0118. The molecule has 0 aromatic carbocycles. The maximum atomic E-state index is 12.8. The van der Waals surface area contributed by atoms with E-state index in [2.05, 4.69) is 10.3 Å². The molecule has 0 bridgehead atoms. The number of alkyl halides is 2. The summed E-state index contributed by atoms with van der Waals surface area (Å²) in [6.45, 7) is 2.34. The highest BCUT2D eigenvalue weighted by Gasteiger charge is 2.27. The van der Waals surface area contributed by atoms with Gasteiger partial charge in [0.15, 0.2) is 0 Å². The van der Waals surface area contributed by atoms with Gasteiger partial charge in [-0.1, -0.05) is 13.8 Å². The predicted molar refractivity (Wildman–Crippen MR) is 62.5 cm³/mol. The number of nitrogens with one attached hydrogen (secondary N) is 1. The lowest BCUT2D eigenvalue weighted by atomic mass is 10.2. The second-order valence-corrected chi connectivity index (χ2v) is 4.86. The Morgan fingerprint density at radius 2 is 2.29 bits per heavy atom. The summed E-state index contributed by atoms with van der Waals surface area (Å²) in [5, 5.41) is 4.48. The van der Waals surface area contributed by atoms with E-state index >= 15 is 0 Å². The molecular formula is C10H15F2N3OS. The molecule has 1 aromatic rings. The average Bonchev–Trinajstić information content (AvgIpc) is 2.75. The van der Waals surface area contributed by atoms with E-state index in [4.69, 9.17) is 5.73 Å². The van der Waals surface area contributed by atoms with Crippen molar-refractivity contribution in [2.75, 3.05) is 13.1 Å². The van der Waals surface area contributed by atoms with Crippen LogP contribution in [0.1, 0.15) is 35.3 Å². The summed E-state index contributed by atoms with van der Waals surface area (Å²) < 4.78 is 25.6. The number of amides is 1. The fourth-order valence-electron chi connectivity index (χ4n) is 1.03. The summed E-state index contributed by atoms with van der Waals surface area (Å²) in [5.41, 5.74) is 5.03. The zero-order chi connectivity index (χ0) is 13.1. The van der Waals surface area contributed by atoms with Crippen LogP contribution >= 0.6 is 11.3 Å². The molecule has 0 fully saturated rings. The second kappa shape index (κ2) is 5.50. The molecule has 17 heavy (non-hydrogen) atoms. The van der Waals surface area contributed by atoms with E-state index in [1.54, 1.807) is 5.38 Å². The molecule has 7 heteroatoms. The highest BCUT2D eigenvalue weighted by Crippen LogP contribution is 2.19. The fraction of sp³-hybridized carbons (Fsp3) is 0.600. The minimum absolute atomic E-state index is 0.173. The van der Waals surface area contributed by atoms with Gasteiger partial charge in [-0.15, -0.1) is 11.3 Å². The maximum absolute atomic E-state index is 12.8. The number of nitrogens with zero attached hydrogens (tertiary/aromatic N) is 1. The molecule has 1 amide bonds. The Kier molecular flexibility index (Phi) is 4.53. The summed E-state index contributed by atoms with van der Waals surface area (Å²) >= 11 is 1.34. The molecule has 4 nitrogen and oxygen atoms in total. The normalized spacial score (nSPS) is 11.9. The molecule has 0 radical (unpaired) electrons. The Hall–Kier alpha value is -1.08. The Morgan fingerprint density at radius 3 is 2.76 bits per heavy atom. The molecule has 0 atom stereocenters. The third-order valence-electron chi connectivity index (χ3n) is 2.05. The van der Waals surface area contributed by atoms with Gasteiger partial charge in [0, 0.05) is 11.3 Å². The van der Waals surface area contributed by atoms with Crippen molar-refractivity contribution in [1.29, 1.82) is 0 Å². The molecule has 0 spiro atoms. The van der Waals surface area contributed by atoms with Crippen LogP contribution in [0.3, 0.4) is 0 Å². The van der Waals surface area contributed by atoms with Gasteiger partial charge in [-0.3, -0.25) is 4.79 Å². The van der Waals surface area contributed by atoms with Crippen LogP contribution in [0.15, 0.2) is 5.38 Å². The fourth-order valence-corrected chi connectivity index (χ4v) is 1.84. The third kappa shape index (κ3) is 4.01. The summed E-state index contributed by atoms with van der Waals surface area (Å²) in [5.74, 6) is -3.46. The molecule has 0 aliphatic heterocycles. The van der Waals surface area contributed by atoms with Crippen molar-refractivity contribution in [2.24, 2.45) is 5.73 Å². The first kappa shape index (κ1) is 14.0. The van der Waals surface area contributed by atoms with Crippen LogP contribution in [-0.2, 0) is 0 Å². The summed E-state index contributed by atoms with van der Waals surface area (Å²) in [4.78, 5) is 15.6. The zero-order valence-corrected chi connectivity index (χ0v) is 10.5. The van der Waals surface area contributed by atoms with Crippen molar-refractivity contribution >= 4 is 17.2 Å². The van der Waals surface area contributed by atoms with Crippen LogP contribution in [-0.4, -0.2) is 29.9 Å². The summed E-state index contributed by atoms with van der Waals surface area (Å²) in [7, 11) is 0. The zero-order valence-electron chi connectivity index (χ0n) is 9.67. The van der Waals surface area contributed by atoms with E-state index in [1.807, 2.05) is 13.8 Å². The van der Waals surface area contributed by atoms with Crippen molar-refractivity contribution in [3.05, 3.63) is 16.1 Å². The van der Waals surface area contributed by atoms with Crippen molar-refractivity contribution in [3.63, 3.8) is 0 Å². The van der Waals surface area contributed by atoms with Gasteiger partial charge in [0.25, 0.3) is 11.8 Å². The number of carbonyl (C=O) groups excluding carboxylic acids is 1. The summed E-state index contributed by atoms with van der Waals surface area (Å²) in [6, 6.07) is 0. The number of thiazole rings is 1. The minimum Gasteiger partial charge on any atom is -0.345 e. The van der Waals surface area contributed by atoms with Crippen molar-refractivity contribution in [2.45, 2.75) is 25.7 Å². The van der Waals surface area contributed by atoms with Crippen molar-refractivity contribution in [1.82, 2.24) is 10.3 Å². The lowest BCUT2D eigenvalue weighted by Gasteiger charge is -2.13. The second-order valence-electron chi connectivity index (χ2n) is 3.97. The molecule has 0 unspecified atom stereocenters. The smallest absolute Gasteiger partial charge is 0.277 e. The van der Waals surface area contributed by atoms with E-state index < -0.39 is 24.9 Å². The first-order valence-corrected chi connectivity index (χ1v) is 6.05. The number of rotatable bonds is 5. The van der Waals surface area contributed by atoms with Gasteiger partial charge in [0.05, 0.1) is 18.1 Å². The van der Waals surface area contributed by atoms with Crippen LogP contribution in [0, 0.1) is 0 Å². The molecule has 1 aromatic heterocycles. The molecule has 0 saturated heterocycles. The lowest BCUT2D eigenvalue weighted by Crippen LogP contribution is -2.41. The Bertz CT molecular complexity index is 393. The molecule has 3 N–H and O–H groups in total. The van der Waals surface area contributed by atoms with E-state index in [0.29, 0.717) is 0 Å². The molecule has 96 valence electrons. The van der Waals surface area contributed by atoms with Crippen LogP contribution in [0.4, 0.5) is 8.78 Å². The molecule has 0 aliphatic rings. The molecule has 0 saturated carbocycles. The molecular weight excluding hydrogens is 248 g/mol. The average molecular weight is 263 g/mol. The van der Waals surface area contributed by atoms with Gasteiger partial charge >= 0.3 is 0 Å². The molecule has 1 heterocycles. The monoisotopic (exact) mass is 263 g/mol. The standard InChI is InChI=1S/C10H15F2N3OS/c1-6(2)9-15-7(3-17-9)8(16)14-5-10(11,12)4-13/h3,6H,4-5,13H2,1-2H3,(H,14,16). The number of hydrogen-bond acceptors (Lipinski definition) is 4. The van der Waals surface area contributed by atoms with Crippen LogP contribution in [0.2, 0.25) is 0 Å². The Balaban J connectivity index is 2.58. The van der Waals surface area contributed by atoms with Gasteiger partial charge < -0.3 is 11.1 Å². The minimum atomic E-state index is -3.08. The van der Waals surface area contributed by atoms with Crippen molar-refractivity contribution in [3.8, 4) is 0 Å². The van der Waals surface area contributed by atoms with Gasteiger partial charge in [0.2, 0.25) is 0 Å².